The number of hydrogen-bond donors (Lipinski definition) is 2. The van der Waals surface area contributed by atoms with E-state index in [1.807, 2.05) is 0 Å². The average molecular weight is 317 g/mol. The molecule has 0 heterocycles. The standard InChI is InChI=1S/C14H21ClN2O2S/c1-9-3-4-11(5-9)8-17-20(18,19)14-7-13(16)10(2)6-12(14)15/h6-7,9,11,17H,3-5,8,16H2,1-2H3. The molecule has 0 spiro atoms. The zero-order valence-electron chi connectivity index (χ0n) is 11.8. The van der Waals surface area contributed by atoms with E-state index in [2.05, 4.69) is 11.6 Å². The Kier molecular flexibility index (Phi) is 4.62. The van der Waals surface area contributed by atoms with E-state index in [1.54, 1.807) is 13.0 Å². The number of nitrogen functional groups attached to an aromatic ring is 1. The second-order valence-corrected chi connectivity index (χ2v) is 7.92. The summed E-state index contributed by atoms with van der Waals surface area (Å²) in [6, 6.07) is 3.01. The second-order valence-electron chi connectivity index (χ2n) is 5.78. The molecule has 1 saturated carbocycles. The lowest BCUT2D eigenvalue weighted by molar-refractivity contribution is 0.498. The Morgan fingerprint density at radius 1 is 1.40 bits per heavy atom. The van der Waals surface area contributed by atoms with Crippen LogP contribution in [-0.4, -0.2) is 15.0 Å². The molecule has 0 radical (unpaired) electrons. The molecule has 1 aromatic carbocycles. The molecule has 2 rings (SSSR count). The molecular weight excluding hydrogens is 296 g/mol. The predicted octanol–water partition coefficient (Wildman–Crippen LogP) is 2.95. The van der Waals surface area contributed by atoms with Crippen LogP contribution in [-0.2, 0) is 10.0 Å². The van der Waals surface area contributed by atoms with Crippen molar-refractivity contribution in [2.45, 2.75) is 38.0 Å². The quantitative estimate of drug-likeness (QED) is 0.839. The first-order valence-electron chi connectivity index (χ1n) is 6.85. The number of sulfonamides is 1. The van der Waals surface area contributed by atoms with E-state index >= 15 is 0 Å². The maximum absolute atomic E-state index is 12.3. The van der Waals surface area contributed by atoms with Crippen LogP contribution < -0.4 is 10.5 Å². The van der Waals surface area contributed by atoms with E-state index in [1.165, 1.54) is 12.5 Å². The zero-order valence-corrected chi connectivity index (χ0v) is 13.4. The summed E-state index contributed by atoms with van der Waals surface area (Å²) >= 11 is 6.03. The van der Waals surface area contributed by atoms with Gasteiger partial charge in [-0.1, -0.05) is 24.9 Å². The fraction of sp³-hybridized carbons (Fsp3) is 0.571. The lowest BCUT2D eigenvalue weighted by Crippen LogP contribution is -2.29. The first kappa shape index (κ1) is 15.6. The Hall–Kier alpha value is -0.780. The highest BCUT2D eigenvalue weighted by Gasteiger charge is 2.25. The lowest BCUT2D eigenvalue weighted by atomic mass is 10.1. The minimum Gasteiger partial charge on any atom is -0.398 e. The summed E-state index contributed by atoms with van der Waals surface area (Å²) in [6.07, 6.45) is 3.32. The van der Waals surface area contributed by atoms with Crippen molar-refractivity contribution < 1.29 is 8.42 Å². The lowest BCUT2D eigenvalue weighted by Gasteiger charge is -2.13. The summed E-state index contributed by atoms with van der Waals surface area (Å²) in [5, 5.41) is 0.212. The number of nitrogens with one attached hydrogen (secondary N) is 1. The molecule has 0 aliphatic heterocycles. The Morgan fingerprint density at radius 3 is 2.70 bits per heavy atom. The smallest absolute Gasteiger partial charge is 0.242 e. The summed E-state index contributed by atoms with van der Waals surface area (Å²) in [6.45, 7) is 4.47. The highest BCUT2D eigenvalue weighted by atomic mass is 35.5. The number of anilines is 1. The van der Waals surface area contributed by atoms with Gasteiger partial charge in [-0.25, -0.2) is 13.1 Å². The van der Waals surface area contributed by atoms with Gasteiger partial charge in [-0.2, -0.15) is 0 Å². The number of halogens is 1. The topological polar surface area (TPSA) is 72.2 Å². The first-order valence-corrected chi connectivity index (χ1v) is 8.71. The van der Waals surface area contributed by atoms with Gasteiger partial charge in [-0.3, -0.25) is 0 Å². The van der Waals surface area contributed by atoms with Gasteiger partial charge in [0.15, 0.2) is 0 Å². The number of benzene rings is 1. The fourth-order valence-electron chi connectivity index (χ4n) is 2.69. The molecule has 0 saturated heterocycles. The van der Waals surface area contributed by atoms with Gasteiger partial charge in [-0.05, 0) is 49.3 Å². The molecule has 6 heteroatoms. The molecule has 1 aliphatic rings. The van der Waals surface area contributed by atoms with E-state index in [0.717, 1.165) is 18.4 Å². The molecule has 20 heavy (non-hydrogen) atoms. The Bertz CT molecular complexity index is 601. The molecule has 1 aromatic rings. The van der Waals surface area contributed by atoms with Gasteiger partial charge < -0.3 is 5.73 Å². The van der Waals surface area contributed by atoms with Crippen molar-refractivity contribution in [1.82, 2.24) is 4.72 Å². The van der Waals surface area contributed by atoms with Crippen LogP contribution >= 0.6 is 11.6 Å². The Balaban J connectivity index is 2.12. The van der Waals surface area contributed by atoms with Crippen molar-refractivity contribution in [3.63, 3.8) is 0 Å². The summed E-state index contributed by atoms with van der Waals surface area (Å²) < 4.78 is 27.3. The molecule has 1 fully saturated rings. The third kappa shape index (κ3) is 3.45. The molecule has 3 N–H and O–H groups in total. The van der Waals surface area contributed by atoms with Crippen LogP contribution in [0, 0.1) is 18.8 Å². The van der Waals surface area contributed by atoms with Gasteiger partial charge in [-0.15, -0.1) is 0 Å². The normalized spacial score (nSPS) is 23.1. The molecular formula is C14H21ClN2O2S. The minimum absolute atomic E-state index is 0.0633. The van der Waals surface area contributed by atoms with E-state index in [-0.39, 0.29) is 9.92 Å². The number of nitrogens with two attached hydrogens (primary N) is 1. The summed E-state index contributed by atoms with van der Waals surface area (Å²) in [5.41, 5.74) is 6.98. The van der Waals surface area contributed by atoms with Crippen molar-refractivity contribution in [3.05, 3.63) is 22.7 Å². The van der Waals surface area contributed by atoms with Crippen LogP contribution in [0.5, 0.6) is 0 Å². The van der Waals surface area contributed by atoms with Gasteiger partial charge >= 0.3 is 0 Å². The van der Waals surface area contributed by atoms with Crippen LogP contribution in [0.2, 0.25) is 5.02 Å². The van der Waals surface area contributed by atoms with Crippen molar-refractivity contribution in [2.75, 3.05) is 12.3 Å². The van der Waals surface area contributed by atoms with Crippen LogP contribution in [0.25, 0.3) is 0 Å². The highest BCUT2D eigenvalue weighted by molar-refractivity contribution is 7.89. The van der Waals surface area contributed by atoms with Gasteiger partial charge in [0.25, 0.3) is 0 Å². The Labute approximate surface area is 125 Å². The molecule has 112 valence electrons. The van der Waals surface area contributed by atoms with E-state index in [4.69, 9.17) is 17.3 Å². The molecule has 4 nitrogen and oxygen atoms in total. The first-order chi connectivity index (χ1) is 9.29. The second kappa shape index (κ2) is 5.92. The van der Waals surface area contributed by atoms with Crippen molar-refractivity contribution in [2.24, 2.45) is 11.8 Å². The predicted molar refractivity (Wildman–Crippen MR) is 82.3 cm³/mol. The highest BCUT2D eigenvalue weighted by Crippen LogP contribution is 2.31. The molecule has 2 atom stereocenters. The average Bonchev–Trinajstić information content (AvgIpc) is 2.77. The van der Waals surface area contributed by atoms with Gasteiger partial charge in [0.05, 0.1) is 5.02 Å². The van der Waals surface area contributed by atoms with Crippen LogP contribution in [0.3, 0.4) is 0 Å². The monoisotopic (exact) mass is 316 g/mol. The largest absolute Gasteiger partial charge is 0.398 e. The Morgan fingerprint density at radius 2 is 2.10 bits per heavy atom. The number of hydrogen-bond acceptors (Lipinski definition) is 3. The van der Waals surface area contributed by atoms with Crippen LogP contribution in [0.4, 0.5) is 5.69 Å². The minimum atomic E-state index is -3.60. The van der Waals surface area contributed by atoms with E-state index < -0.39 is 10.0 Å². The maximum atomic E-state index is 12.3. The maximum Gasteiger partial charge on any atom is 0.242 e. The third-order valence-electron chi connectivity index (χ3n) is 3.98. The SMILES string of the molecule is Cc1cc(Cl)c(S(=O)(=O)NCC2CCC(C)C2)cc1N. The number of aryl methyl sites for hydroxylation is 1. The van der Waals surface area contributed by atoms with Crippen molar-refractivity contribution >= 4 is 27.3 Å². The van der Waals surface area contributed by atoms with Gasteiger partial charge in [0, 0.05) is 12.2 Å². The van der Waals surface area contributed by atoms with Crippen molar-refractivity contribution in [1.29, 1.82) is 0 Å². The molecule has 2 unspecified atom stereocenters. The van der Waals surface area contributed by atoms with Crippen LogP contribution in [0.15, 0.2) is 17.0 Å². The third-order valence-corrected chi connectivity index (χ3v) is 5.86. The van der Waals surface area contributed by atoms with Gasteiger partial charge in [0.1, 0.15) is 4.90 Å². The van der Waals surface area contributed by atoms with Gasteiger partial charge in [0.2, 0.25) is 10.0 Å². The van der Waals surface area contributed by atoms with E-state index in [9.17, 15) is 8.42 Å². The summed E-state index contributed by atoms with van der Waals surface area (Å²) in [4.78, 5) is 0.0633. The van der Waals surface area contributed by atoms with E-state index in [0.29, 0.717) is 24.1 Å². The zero-order chi connectivity index (χ0) is 14.9. The molecule has 1 aliphatic carbocycles. The van der Waals surface area contributed by atoms with Crippen molar-refractivity contribution in [3.8, 4) is 0 Å². The molecule has 0 amide bonds. The molecule has 0 aromatic heterocycles. The van der Waals surface area contributed by atoms with Crippen LogP contribution in [0.1, 0.15) is 31.7 Å². The number of rotatable bonds is 4. The summed E-state index contributed by atoms with van der Waals surface area (Å²) in [7, 11) is -3.60. The molecule has 0 bridgehead atoms. The fourth-order valence-corrected chi connectivity index (χ4v) is 4.42. The summed E-state index contributed by atoms with van der Waals surface area (Å²) in [5.74, 6) is 1.10.